The quantitative estimate of drug-likeness (QED) is 0.767. The molecule has 6 heteroatoms. The third-order valence-corrected chi connectivity index (χ3v) is 3.83. The fraction of sp³-hybridized carbons (Fsp3) is 0.188. The summed E-state index contributed by atoms with van der Waals surface area (Å²) in [5.74, 6) is -0.172. The molecule has 0 bridgehead atoms. The van der Waals surface area contributed by atoms with Crippen molar-refractivity contribution in [2.75, 3.05) is 13.7 Å². The minimum absolute atomic E-state index is 0.157. The number of carbonyl (C=O) groups excluding carboxylic acids is 1. The van der Waals surface area contributed by atoms with Crippen LogP contribution in [0.4, 0.5) is 4.39 Å². The lowest BCUT2D eigenvalue weighted by Gasteiger charge is -2.18. The normalized spacial score (nSPS) is 10.4. The summed E-state index contributed by atoms with van der Waals surface area (Å²) in [5.41, 5.74) is 0.433. The van der Waals surface area contributed by atoms with Gasteiger partial charge in [-0.05, 0) is 30.3 Å². The van der Waals surface area contributed by atoms with Crippen LogP contribution in [0.15, 0.2) is 46.9 Å². The van der Waals surface area contributed by atoms with Crippen molar-refractivity contribution < 1.29 is 13.9 Å². The number of ether oxygens (including phenoxy) is 1. The largest absolute Gasteiger partial charge is 0.482 e. The number of rotatable bonds is 5. The van der Waals surface area contributed by atoms with E-state index < -0.39 is 0 Å². The highest BCUT2D eigenvalue weighted by atomic mass is 79.9. The minimum Gasteiger partial charge on any atom is -0.482 e. The van der Waals surface area contributed by atoms with Crippen LogP contribution in [0.25, 0.3) is 0 Å². The second kappa shape index (κ2) is 7.61. The van der Waals surface area contributed by atoms with Gasteiger partial charge in [-0.3, -0.25) is 4.79 Å². The van der Waals surface area contributed by atoms with Crippen molar-refractivity contribution >= 4 is 33.4 Å². The van der Waals surface area contributed by atoms with Gasteiger partial charge in [0, 0.05) is 23.6 Å². The highest BCUT2D eigenvalue weighted by Crippen LogP contribution is 2.23. The molecule has 0 saturated heterocycles. The first-order valence-corrected chi connectivity index (χ1v) is 7.69. The molecule has 0 aliphatic carbocycles. The van der Waals surface area contributed by atoms with Gasteiger partial charge in [-0.2, -0.15) is 0 Å². The van der Waals surface area contributed by atoms with Crippen LogP contribution in [0.5, 0.6) is 5.75 Å². The van der Waals surface area contributed by atoms with Gasteiger partial charge in [0.2, 0.25) is 0 Å². The number of amides is 1. The van der Waals surface area contributed by atoms with Crippen molar-refractivity contribution in [3.63, 3.8) is 0 Å². The molecule has 0 heterocycles. The highest BCUT2D eigenvalue weighted by molar-refractivity contribution is 9.10. The van der Waals surface area contributed by atoms with E-state index in [1.165, 1.54) is 11.0 Å². The first-order chi connectivity index (χ1) is 10.5. The van der Waals surface area contributed by atoms with E-state index >= 15 is 0 Å². The van der Waals surface area contributed by atoms with E-state index in [-0.39, 0.29) is 24.9 Å². The number of likely N-dealkylation sites (N-methyl/N-ethyl adjacent to an activating group) is 1. The molecule has 116 valence electrons. The Morgan fingerprint density at radius 3 is 2.77 bits per heavy atom. The second-order valence-corrected chi connectivity index (χ2v) is 6.03. The fourth-order valence-electron chi connectivity index (χ4n) is 1.82. The third-order valence-electron chi connectivity index (χ3n) is 3.03. The molecule has 0 N–H and O–H groups in total. The van der Waals surface area contributed by atoms with Crippen molar-refractivity contribution in [1.82, 2.24) is 4.90 Å². The Bertz CT molecular complexity index is 681. The van der Waals surface area contributed by atoms with E-state index in [1.807, 2.05) is 0 Å². The van der Waals surface area contributed by atoms with Crippen molar-refractivity contribution in [3.8, 4) is 5.75 Å². The molecule has 0 aromatic heterocycles. The van der Waals surface area contributed by atoms with Gasteiger partial charge in [0.1, 0.15) is 11.6 Å². The van der Waals surface area contributed by atoms with Crippen LogP contribution in [0.3, 0.4) is 0 Å². The zero-order valence-electron chi connectivity index (χ0n) is 11.9. The maximum Gasteiger partial charge on any atom is 0.260 e. The number of hydrogen-bond donors (Lipinski definition) is 0. The number of nitrogens with zero attached hydrogens (tertiary/aromatic N) is 1. The van der Waals surface area contributed by atoms with Crippen molar-refractivity contribution in [2.45, 2.75) is 6.54 Å². The molecule has 0 fully saturated rings. The van der Waals surface area contributed by atoms with Crippen LogP contribution in [-0.2, 0) is 11.3 Å². The number of hydrogen-bond acceptors (Lipinski definition) is 2. The molecule has 22 heavy (non-hydrogen) atoms. The molecular formula is C16H14BrClFNO2. The van der Waals surface area contributed by atoms with Crippen molar-refractivity contribution in [1.29, 1.82) is 0 Å². The molecule has 0 atom stereocenters. The zero-order chi connectivity index (χ0) is 16.1. The Balaban J connectivity index is 1.95. The lowest BCUT2D eigenvalue weighted by molar-refractivity contribution is -0.132. The zero-order valence-corrected chi connectivity index (χ0v) is 14.2. The molecule has 0 spiro atoms. The Hall–Kier alpha value is -1.59. The number of para-hydroxylation sites is 1. The second-order valence-electron chi connectivity index (χ2n) is 4.70. The highest BCUT2D eigenvalue weighted by Gasteiger charge is 2.13. The monoisotopic (exact) mass is 385 g/mol. The lowest BCUT2D eigenvalue weighted by Crippen LogP contribution is -2.31. The summed E-state index contributed by atoms with van der Waals surface area (Å²) < 4.78 is 19.8. The van der Waals surface area contributed by atoms with Gasteiger partial charge >= 0.3 is 0 Å². The first-order valence-electron chi connectivity index (χ1n) is 6.52. The van der Waals surface area contributed by atoms with Gasteiger partial charge < -0.3 is 9.64 Å². The average Bonchev–Trinajstić information content (AvgIpc) is 2.49. The predicted molar refractivity (Wildman–Crippen MR) is 87.5 cm³/mol. The standard InChI is InChI=1S/C16H14BrClFNO2/c1-20(9-11-8-12(17)6-7-14(11)19)16(21)10-22-15-5-3-2-4-13(15)18/h2-8H,9-10H2,1H3. The van der Waals surface area contributed by atoms with Gasteiger partial charge in [0.25, 0.3) is 5.91 Å². The van der Waals surface area contributed by atoms with E-state index in [1.54, 1.807) is 43.4 Å². The molecule has 0 saturated carbocycles. The van der Waals surface area contributed by atoms with E-state index in [9.17, 15) is 9.18 Å². The summed E-state index contributed by atoms with van der Waals surface area (Å²) >= 11 is 9.23. The summed E-state index contributed by atoms with van der Waals surface area (Å²) in [6.07, 6.45) is 0. The smallest absolute Gasteiger partial charge is 0.260 e. The van der Waals surface area contributed by atoms with Crippen LogP contribution in [-0.4, -0.2) is 24.5 Å². The van der Waals surface area contributed by atoms with Crippen LogP contribution < -0.4 is 4.74 Å². The number of carbonyl (C=O) groups is 1. The first kappa shape index (κ1) is 16.8. The predicted octanol–water partition coefficient (Wildman–Crippen LogP) is 4.28. The average molecular weight is 387 g/mol. The summed E-state index contributed by atoms with van der Waals surface area (Å²) in [6, 6.07) is 11.5. The summed E-state index contributed by atoms with van der Waals surface area (Å²) in [4.78, 5) is 13.5. The van der Waals surface area contributed by atoms with Gasteiger partial charge in [-0.25, -0.2) is 4.39 Å². The molecule has 1 amide bonds. The van der Waals surface area contributed by atoms with Crippen LogP contribution >= 0.6 is 27.5 Å². The van der Waals surface area contributed by atoms with Crippen LogP contribution in [0, 0.1) is 5.82 Å². The molecule has 2 aromatic rings. The summed E-state index contributed by atoms with van der Waals surface area (Å²) in [5, 5.41) is 0.441. The Morgan fingerprint density at radius 2 is 2.05 bits per heavy atom. The van der Waals surface area contributed by atoms with Crippen molar-refractivity contribution in [2.24, 2.45) is 0 Å². The lowest BCUT2D eigenvalue weighted by atomic mass is 10.2. The van der Waals surface area contributed by atoms with Crippen LogP contribution in [0.2, 0.25) is 5.02 Å². The maximum absolute atomic E-state index is 13.7. The molecule has 0 aliphatic rings. The number of benzene rings is 2. The van der Waals surface area contributed by atoms with Gasteiger partial charge in [0.15, 0.2) is 6.61 Å². The SMILES string of the molecule is CN(Cc1cc(Br)ccc1F)C(=O)COc1ccccc1Cl. The minimum atomic E-state index is -0.352. The molecule has 2 rings (SSSR count). The van der Waals surface area contributed by atoms with Crippen LogP contribution in [0.1, 0.15) is 5.56 Å². The molecule has 0 radical (unpaired) electrons. The maximum atomic E-state index is 13.7. The molecule has 2 aromatic carbocycles. The Kier molecular flexibility index (Phi) is 5.80. The summed E-state index contributed by atoms with van der Waals surface area (Å²) in [6.45, 7) is 0.00580. The van der Waals surface area contributed by atoms with E-state index in [2.05, 4.69) is 15.9 Å². The Labute approximate surface area is 141 Å². The molecule has 3 nitrogen and oxygen atoms in total. The summed E-state index contributed by atoms with van der Waals surface area (Å²) in [7, 11) is 1.60. The van der Waals surface area contributed by atoms with Gasteiger partial charge in [-0.1, -0.05) is 39.7 Å². The van der Waals surface area contributed by atoms with Gasteiger partial charge in [0.05, 0.1) is 5.02 Å². The molecule has 0 unspecified atom stereocenters. The Morgan fingerprint density at radius 1 is 1.32 bits per heavy atom. The fourth-order valence-corrected chi connectivity index (χ4v) is 2.42. The molecular weight excluding hydrogens is 373 g/mol. The van der Waals surface area contributed by atoms with Crippen molar-refractivity contribution in [3.05, 3.63) is 63.3 Å². The molecule has 0 aliphatic heterocycles. The number of halogens is 3. The topological polar surface area (TPSA) is 29.5 Å². The van der Waals surface area contributed by atoms with E-state index in [4.69, 9.17) is 16.3 Å². The van der Waals surface area contributed by atoms with Gasteiger partial charge in [-0.15, -0.1) is 0 Å². The third kappa shape index (κ3) is 4.45. The van der Waals surface area contributed by atoms with E-state index in [0.717, 1.165) is 4.47 Å². The van der Waals surface area contributed by atoms with E-state index in [0.29, 0.717) is 16.3 Å².